The number of aromatic nitrogens is 3. The van der Waals surface area contributed by atoms with Gasteiger partial charge in [0.2, 0.25) is 0 Å². The number of aromatic amines is 1. The summed E-state index contributed by atoms with van der Waals surface area (Å²) in [5.41, 5.74) is 1.28. The second kappa shape index (κ2) is 5.54. The first-order valence-corrected chi connectivity index (χ1v) is 6.67. The average Bonchev–Trinajstić information content (AvgIpc) is 2.84. The summed E-state index contributed by atoms with van der Waals surface area (Å²) in [7, 11) is 0. The second-order valence-corrected chi connectivity index (χ2v) is 5.01. The van der Waals surface area contributed by atoms with Crippen molar-refractivity contribution >= 4 is 11.6 Å². The summed E-state index contributed by atoms with van der Waals surface area (Å²) in [5.74, 6) is 0.206. The molecule has 1 heterocycles. The van der Waals surface area contributed by atoms with Gasteiger partial charge in [-0.15, -0.1) is 0 Å². The van der Waals surface area contributed by atoms with Crippen LogP contribution in [0.25, 0.3) is 11.4 Å². The van der Waals surface area contributed by atoms with E-state index in [0.717, 1.165) is 11.1 Å². The van der Waals surface area contributed by atoms with Crippen LogP contribution in [0.5, 0.6) is 0 Å². The molecule has 3 aromatic rings. The van der Waals surface area contributed by atoms with Gasteiger partial charge in [-0.1, -0.05) is 23.7 Å². The van der Waals surface area contributed by atoms with Crippen LogP contribution in [0.15, 0.2) is 53.3 Å². The zero-order valence-corrected chi connectivity index (χ0v) is 11.6. The van der Waals surface area contributed by atoms with E-state index < -0.39 is 0 Å². The molecular weight excluding hydrogens is 293 g/mol. The SMILES string of the molecule is O=c1[nH]nc(-c2ccc(Cl)cc2)n1Cc1ccc(F)cc1. The normalized spacial score (nSPS) is 10.8. The van der Waals surface area contributed by atoms with Crippen molar-refractivity contribution in [3.63, 3.8) is 0 Å². The molecule has 1 N–H and O–H groups in total. The van der Waals surface area contributed by atoms with Gasteiger partial charge in [0, 0.05) is 10.6 Å². The molecule has 3 rings (SSSR count). The summed E-state index contributed by atoms with van der Waals surface area (Å²) < 4.78 is 14.4. The third-order valence-corrected chi connectivity index (χ3v) is 3.37. The molecule has 0 saturated heterocycles. The largest absolute Gasteiger partial charge is 0.343 e. The molecule has 0 aliphatic heterocycles. The zero-order chi connectivity index (χ0) is 14.8. The summed E-state index contributed by atoms with van der Waals surface area (Å²) in [6.45, 7) is 0.313. The molecule has 0 unspecified atom stereocenters. The molecular formula is C15H11ClFN3O. The Hall–Kier alpha value is -2.40. The smallest absolute Gasteiger partial charge is 0.271 e. The van der Waals surface area contributed by atoms with Gasteiger partial charge in [-0.05, 0) is 42.0 Å². The number of rotatable bonds is 3. The Kier molecular flexibility index (Phi) is 3.58. The van der Waals surface area contributed by atoms with Crippen molar-refractivity contribution in [2.24, 2.45) is 0 Å². The molecule has 0 radical (unpaired) electrons. The highest BCUT2D eigenvalue weighted by atomic mass is 35.5. The van der Waals surface area contributed by atoms with Gasteiger partial charge in [-0.2, -0.15) is 5.10 Å². The van der Waals surface area contributed by atoms with Gasteiger partial charge >= 0.3 is 5.69 Å². The van der Waals surface area contributed by atoms with E-state index in [-0.39, 0.29) is 11.5 Å². The average molecular weight is 304 g/mol. The van der Waals surface area contributed by atoms with E-state index >= 15 is 0 Å². The predicted octanol–water partition coefficient (Wildman–Crippen LogP) is 3.08. The summed E-state index contributed by atoms with van der Waals surface area (Å²) >= 11 is 5.86. The van der Waals surface area contributed by atoms with Crippen molar-refractivity contribution < 1.29 is 4.39 Å². The predicted molar refractivity (Wildman–Crippen MR) is 78.8 cm³/mol. The molecule has 6 heteroatoms. The maximum Gasteiger partial charge on any atom is 0.343 e. The van der Waals surface area contributed by atoms with Crippen LogP contribution in [-0.4, -0.2) is 14.8 Å². The Morgan fingerprint density at radius 3 is 2.43 bits per heavy atom. The van der Waals surface area contributed by atoms with Crippen molar-refractivity contribution in [3.8, 4) is 11.4 Å². The maximum absolute atomic E-state index is 12.9. The van der Waals surface area contributed by atoms with Gasteiger partial charge in [0.25, 0.3) is 0 Å². The van der Waals surface area contributed by atoms with Gasteiger partial charge < -0.3 is 0 Å². The molecule has 0 spiro atoms. The summed E-state index contributed by atoms with van der Waals surface area (Å²) in [6.07, 6.45) is 0. The van der Waals surface area contributed by atoms with E-state index in [4.69, 9.17) is 11.6 Å². The van der Waals surface area contributed by atoms with E-state index in [1.807, 2.05) is 0 Å². The Labute approximate surface area is 124 Å². The number of nitrogens with one attached hydrogen (secondary N) is 1. The summed E-state index contributed by atoms with van der Waals surface area (Å²) in [5, 5.41) is 7.08. The van der Waals surface area contributed by atoms with Crippen molar-refractivity contribution in [1.82, 2.24) is 14.8 Å². The van der Waals surface area contributed by atoms with Crippen LogP contribution in [0.1, 0.15) is 5.56 Å². The fraction of sp³-hybridized carbons (Fsp3) is 0.0667. The Bertz CT molecular complexity index is 806. The number of hydrogen-bond donors (Lipinski definition) is 1. The lowest BCUT2D eigenvalue weighted by molar-refractivity contribution is 0.626. The van der Waals surface area contributed by atoms with Gasteiger partial charge in [0.15, 0.2) is 5.82 Å². The number of benzene rings is 2. The van der Waals surface area contributed by atoms with Crippen LogP contribution in [0.3, 0.4) is 0 Å². The number of hydrogen-bond acceptors (Lipinski definition) is 2. The molecule has 0 amide bonds. The summed E-state index contributed by atoms with van der Waals surface area (Å²) in [4.78, 5) is 11.9. The number of nitrogens with zero attached hydrogens (tertiary/aromatic N) is 2. The van der Waals surface area contributed by atoms with Crippen molar-refractivity contribution in [2.45, 2.75) is 6.54 Å². The van der Waals surface area contributed by atoms with Gasteiger partial charge in [0.05, 0.1) is 6.54 Å². The molecule has 0 saturated carbocycles. The van der Waals surface area contributed by atoms with Crippen LogP contribution in [0, 0.1) is 5.82 Å². The minimum Gasteiger partial charge on any atom is -0.271 e. The highest BCUT2D eigenvalue weighted by Crippen LogP contribution is 2.19. The Balaban J connectivity index is 1.99. The topological polar surface area (TPSA) is 50.7 Å². The van der Waals surface area contributed by atoms with Crippen LogP contribution in [0.4, 0.5) is 4.39 Å². The lowest BCUT2D eigenvalue weighted by Gasteiger charge is -2.06. The molecule has 4 nitrogen and oxygen atoms in total. The molecule has 2 aromatic carbocycles. The molecule has 21 heavy (non-hydrogen) atoms. The molecule has 1 aromatic heterocycles. The Morgan fingerprint density at radius 2 is 1.76 bits per heavy atom. The fourth-order valence-corrected chi connectivity index (χ4v) is 2.18. The van der Waals surface area contributed by atoms with Crippen molar-refractivity contribution in [2.75, 3.05) is 0 Å². The highest BCUT2D eigenvalue weighted by molar-refractivity contribution is 6.30. The van der Waals surface area contributed by atoms with E-state index in [1.165, 1.54) is 16.7 Å². The molecule has 0 bridgehead atoms. The first-order valence-electron chi connectivity index (χ1n) is 6.29. The van der Waals surface area contributed by atoms with Gasteiger partial charge in [-0.25, -0.2) is 14.3 Å². The minimum absolute atomic E-state index is 0.309. The Morgan fingerprint density at radius 1 is 1.10 bits per heavy atom. The fourth-order valence-electron chi connectivity index (χ4n) is 2.06. The standard InChI is InChI=1S/C15H11ClFN3O/c16-12-5-3-11(4-6-12)14-18-19-15(21)20(14)9-10-1-7-13(17)8-2-10/h1-8H,9H2,(H,19,21). The van der Waals surface area contributed by atoms with Crippen molar-refractivity contribution in [1.29, 1.82) is 0 Å². The van der Waals surface area contributed by atoms with Crippen LogP contribution in [0.2, 0.25) is 5.02 Å². The third-order valence-electron chi connectivity index (χ3n) is 3.11. The van der Waals surface area contributed by atoms with Crippen molar-refractivity contribution in [3.05, 3.63) is 75.4 Å². The van der Waals surface area contributed by atoms with Gasteiger partial charge in [-0.3, -0.25) is 4.57 Å². The molecule has 106 valence electrons. The van der Waals surface area contributed by atoms with Crippen LogP contribution < -0.4 is 5.69 Å². The van der Waals surface area contributed by atoms with E-state index in [2.05, 4.69) is 10.2 Å². The minimum atomic E-state index is -0.315. The highest BCUT2D eigenvalue weighted by Gasteiger charge is 2.11. The van der Waals surface area contributed by atoms with Crippen LogP contribution >= 0.6 is 11.6 Å². The maximum atomic E-state index is 12.9. The molecule has 0 aliphatic rings. The molecule has 0 aliphatic carbocycles. The first-order chi connectivity index (χ1) is 10.1. The number of H-pyrrole nitrogens is 1. The van der Waals surface area contributed by atoms with E-state index in [1.54, 1.807) is 36.4 Å². The first kappa shape index (κ1) is 13.6. The number of halogens is 2. The third kappa shape index (κ3) is 2.87. The van der Waals surface area contributed by atoms with E-state index in [9.17, 15) is 9.18 Å². The van der Waals surface area contributed by atoms with E-state index in [0.29, 0.717) is 17.4 Å². The lowest BCUT2D eigenvalue weighted by Crippen LogP contribution is -2.18. The van der Waals surface area contributed by atoms with Gasteiger partial charge in [0.1, 0.15) is 5.82 Å². The molecule has 0 atom stereocenters. The monoisotopic (exact) mass is 303 g/mol. The molecule has 0 fully saturated rings. The lowest BCUT2D eigenvalue weighted by atomic mass is 10.2. The van der Waals surface area contributed by atoms with Crippen LogP contribution in [-0.2, 0) is 6.54 Å². The quantitative estimate of drug-likeness (QED) is 0.808. The zero-order valence-electron chi connectivity index (χ0n) is 10.9. The summed E-state index contributed by atoms with van der Waals surface area (Å²) in [6, 6.07) is 13.1. The second-order valence-electron chi connectivity index (χ2n) is 4.57.